The van der Waals surface area contributed by atoms with Crippen molar-refractivity contribution < 1.29 is 19.1 Å². The minimum atomic E-state index is -0.355. The molecular formula is C29H51N3O4. The van der Waals surface area contributed by atoms with Crippen molar-refractivity contribution >= 4 is 17.8 Å². The van der Waals surface area contributed by atoms with Crippen LogP contribution in [0.4, 0.5) is 0 Å². The number of methoxy groups -OCH3 is 1. The number of nitrogens with one attached hydrogen (secondary N) is 1. The van der Waals surface area contributed by atoms with Crippen molar-refractivity contribution in [2.24, 2.45) is 17.8 Å². The SMILES string of the molecule is CC(C)C.CC[C@H](C(=O)NCC(=O)N(C)[C@H](CN(C)CC(=O)OC)C(C)C)C(C)(C)c1ccccc1. The van der Waals surface area contributed by atoms with Crippen molar-refractivity contribution in [3.05, 3.63) is 35.9 Å². The number of likely N-dealkylation sites (N-methyl/N-ethyl adjacent to an activating group) is 2. The Morgan fingerprint density at radius 2 is 1.53 bits per heavy atom. The Morgan fingerprint density at radius 1 is 1.00 bits per heavy atom. The van der Waals surface area contributed by atoms with E-state index in [1.54, 1.807) is 11.9 Å². The molecule has 0 aliphatic rings. The highest BCUT2D eigenvalue weighted by Gasteiger charge is 2.35. The second-order valence-electron chi connectivity index (χ2n) is 11.1. The first-order valence-electron chi connectivity index (χ1n) is 13.0. The highest BCUT2D eigenvalue weighted by Crippen LogP contribution is 2.33. The molecule has 0 saturated heterocycles. The maximum Gasteiger partial charge on any atom is 0.319 e. The quantitative estimate of drug-likeness (QED) is 0.427. The number of hydrogen-bond donors (Lipinski definition) is 1. The molecule has 0 saturated carbocycles. The highest BCUT2D eigenvalue weighted by molar-refractivity contribution is 5.86. The van der Waals surface area contributed by atoms with E-state index in [0.29, 0.717) is 13.0 Å². The summed E-state index contributed by atoms with van der Waals surface area (Å²) in [6.07, 6.45) is 0.671. The maximum absolute atomic E-state index is 13.0. The predicted molar refractivity (Wildman–Crippen MR) is 148 cm³/mol. The van der Waals surface area contributed by atoms with Gasteiger partial charge in [0.15, 0.2) is 0 Å². The molecule has 36 heavy (non-hydrogen) atoms. The summed E-state index contributed by atoms with van der Waals surface area (Å²) in [7, 11) is 4.93. The van der Waals surface area contributed by atoms with E-state index in [4.69, 9.17) is 4.74 Å². The van der Waals surface area contributed by atoms with Gasteiger partial charge < -0.3 is 15.0 Å². The molecule has 2 atom stereocenters. The number of esters is 1. The number of carbonyl (C=O) groups excluding carboxylic acids is 3. The van der Waals surface area contributed by atoms with Crippen molar-refractivity contribution in [3.8, 4) is 0 Å². The zero-order valence-corrected chi connectivity index (χ0v) is 24.6. The van der Waals surface area contributed by atoms with Gasteiger partial charge in [0.25, 0.3) is 0 Å². The van der Waals surface area contributed by atoms with Crippen LogP contribution in [0.1, 0.15) is 67.4 Å². The number of nitrogens with zero attached hydrogens (tertiary/aromatic N) is 2. The van der Waals surface area contributed by atoms with E-state index < -0.39 is 0 Å². The number of rotatable bonds is 12. The molecule has 0 aliphatic carbocycles. The van der Waals surface area contributed by atoms with E-state index in [0.717, 1.165) is 11.5 Å². The average Bonchev–Trinajstić information content (AvgIpc) is 2.80. The summed E-state index contributed by atoms with van der Waals surface area (Å²) in [5.74, 6) is 0.168. The third kappa shape index (κ3) is 11.5. The van der Waals surface area contributed by atoms with Gasteiger partial charge in [0.05, 0.1) is 20.2 Å². The monoisotopic (exact) mass is 505 g/mol. The minimum Gasteiger partial charge on any atom is -0.468 e. The van der Waals surface area contributed by atoms with Crippen molar-refractivity contribution in [1.29, 1.82) is 0 Å². The second kappa shape index (κ2) is 16.4. The van der Waals surface area contributed by atoms with E-state index in [1.165, 1.54) is 7.11 Å². The molecule has 1 aromatic carbocycles. The number of amides is 2. The zero-order chi connectivity index (χ0) is 28.1. The lowest BCUT2D eigenvalue weighted by atomic mass is 9.71. The molecule has 0 spiro atoms. The topological polar surface area (TPSA) is 79.0 Å². The summed E-state index contributed by atoms with van der Waals surface area (Å²) in [5, 5.41) is 2.86. The van der Waals surface area contributed by atoms with Crippen LogP contribution in [-0.2, 0) is 24.5 Å². The number of ether oxygens (including phenoxy) is 1. The van der Waals surface area contributed by atoms with Crippen LogP contribution >= 0.6 is 0 Å². The van der Waals surface area contributed by atoms with Crippen molar-refractivity contribution in [1.82, 2.24) is 15.1 Å². The third-order valence-corrected chi connectivity index (χ3v) is 6.31. The Kier molecular flexibility index (Phi) is 15.3. The standard InChI is InChI=1S/C25H41N3O4.C4H10/c1-9-20(25(4,5)19-13-11-10-12-14-19)24(31)26-15-22(29)28(7)21(18(2)3)16-27(6)17-23(30)32-8;1-4(2)3/h10-14,18,20-21H,9,15-17H2,1-8H3,(H,26,31);4H,1-3H3/t20-,21-;/m1./s1. The van der Waals surface area contributed by atoms with Gasteiger partial charge >= 0.3 is 5.97 Å². The normalized spacial score (nSPS) is 13.1. The molecule has 0 fully saturated rings. The van der Waals surface area contributed by atoms with Gasteiger partial charge in [-0.25, -0.2) is 0 Å². The van der Waals surface area contributed by atoms with Crippen LogP contribution in [0, 0.1) is 17.8 Å². The van der Waals surface area contributed by atoms with Crippen molar-refractivity contribution in [2.75, 3.05) is 40.8 Å². The zero-order valence-electron chi connectivity index (χ0n) is 24.6. The Hall–Kier alpha value is -2.41. The first kappa shape index (κ1) is 33.6. The Labute approximate surface area is 219 Å². The molecule has 0 heterocycles. The van der Waals surface area contributed by atoms with E-state index >= 15 is 0 Å². The van der Waals surface area contributed by atoms with Crippen LogP contribution in [0.25, 0.3) is 0 Å². The fourth-order valence-electron chi connectivity index (χ4n) is 4.14. The fraction of sp³-hybridized carbons (Fsp3) is 0.690. The van der Waals surface area contributed by atoms with E-state index in [1.807, 2.05) is 63.1 Å². The smallest absolute Gasteiger partial charge is 0.319 e. The third-order valence-electron chi connectivity index (χ3n) is 6.31. The van der Waals surface area contributed by atoms with E-state index in [9.17, 15) is 14.4 Å². The van der Waals surface area contributed by atoms with Gasteiger partial charge in [-0.1, -0.05) is 85.7 Å². The average molecular weight is 506 g/mol. The second-order valence-corrected chi connectivity index (χ2v) is 11.1. The summed E-state index contributed by atoms with van der Waals surface area (Å²) in [5.41, 5.74) is 0.741. The van der Waals surface area contributed by atoms with Crippen LogP contribution in [0.3, 0.4) is 0 Å². The lowest BCUT2D eigenvalue weighted by Crippen LogP contribution is -2.51. The van der Waals surface area contributed by atoms with E-state index in [-0.39, 0.29) is 54.2 Å². The van der Waals surface area contributed by atoms with Gasteiger partial charge in [0.2, 0.25) is 11.8 Å². The van der Waals surface area contributed by atoms with Crippen LogP contribution in [0.2, 0.25) is 0 Å². The molecule has 0 aromatic heterocycles. The van der Waals surface area contributed by atoms with Gasteiger partial charge in [-0.3, -0.25) is 19.3 Å². The molecule has 0 aliphatic heterocycles. The predicted octanol–water partition coefficient (Wildman–Crippen LogP) is 4.36. The first-order chi connectivity index (χ1) is 16.7. The number of benzene rings is 1. The molecule has 7 nitrogen and oxygen atoms in total. The molecule has 1 rings (SSSR count). The van der Waals surface area contributed by atoms with Gasteiger partial charge in [-0.15, -0.1) is 0 Å². The van der Waals surface area contributed by atoms with Crippen LogP contribution in [0.15, 0.2) is 30.3 Å². The maximum atomic E-state index is 13.0. The number of carbonyl (C=O) groups is 3. The van der Waals surface area contributed by atoms with Crippen LogP contribution in [0.5, 0.6) is 0 Å². The van der Waals surface area contributed by atoms with E-state index in [2.05, 4.69) is 39.9 Å². The van der Waals surface area contributed by atoms with Crippen LogP contribution in [-0.4, -0.2) is 74.5 Å². The van der Waals surface area contributed by atoms with Gasteiger partial charge in [0, 0.05) is 31.0 Å². The summed E-state index contributed by atoms with van der Waals surface area (Å²) < 4.78 is 4.72. The summed E-state index contributed by atoms with van der Waals surface area (Å²) in [6.45, 7) is 17.3. The molecule has 7 heteroatoms. The Morgan fingerprint density at radius 3 is 1.97 bits per heavy atom. The molecule has 206 valence electrons. The molecule has 1 aromatic rings. The summed E-state index contributed by atoms with van der Waals surface area (Å²) in [6, 6.07) is 9.88. The number of hydrogen-bond acceptors (Lipinski definition) is 5. The summed E-state index contributed by atoms with van der Waals surface area (Å²) >= 11 is 0. The highest BCUT2D eigenvalue weighted by atomic mass is 16.5. The minimum absolute atomic E-state index is 0.0549. The van der Waals surface area contributed by atoms with Gasteiger partial charge in [-0.05, 0) is 30.9 Å². The molecule has 0 bridgehead atoms. The van der Waals surface area contributed by atoms with Gasteiger partial charge in [-0.2, -0.15) is 0 Å². The van der Waals surface area contributed by atoms with Crippen molar-refractivity contribution in [2.45, 2.75) is 73.3 Å². The largest absolute Gasteiger partial charge is 0.468 e. The van der Waals surface area contributed by atoms with Crippen LogP contribution < -0.4 is 5.32 Å². The van der Waals surface area contributed by atoms with Crippen molar-refractivity contribution in [3.63, 3.8) is 0 Å². The molecule has 1 N–H and O–H groups in total. The molecule has 0 unspecified atom stereocenters. The fourth-order valence-corrected chi connectivity index (χ4v) is 4.14. The Balaban J connectivity index is 0.00000283. The lowest BCUT2D eigenvalue weighted by Gasteiger charge is -2.35. The van der Waals surface area contributed by atoms with Gasteiger partial charge in [0.1, 0.15) is 0 Å². The summed E-state index contributed by atoms with van der Waals surface area (Å²) in [4.78, 5) is 40.9. The molecular weight excluding hydrogens is 454 g/mol. The Bertz CT molecular complexity index is 790. The molecule has 2 amide bonds. The molecule has 0 radical (unpaired) electrons. The first-order valence-corrected chi connectivity index (χ1v) is 13.0. The lowest BCUT2D eigenvalue weighted by molar-refractivity contribution is -0.142.